The molecule has 98 valence electrons. The topological polar surface area (TPSA) is 17.1 Å². The maximum atomic E-state index is 11.4. The van der Waals surface area contributed by atoms with Crippen LogP contribution in [0.3, 0.4) is 0 Å². The maximum Gasteiger partial charge on any atom is 0.159 e. The van der Waals surface area contributed by atoms with Gasteiger partial charge in [0.25, 0.3) is 0 Å². The second-order valence-corrected chi connectivity index (χ2v) is 5.96. The molecule has 0 saturated heterocycles. The van der Waals surface area contributed by atoms with Gasteiger partial charge in [0, 0.05) is 5.56 Å². The standard InChI is InChI=1S/C18H20O/c1-13(19)15-6-5-7-16(12-15)14-8-10-17(11-9-14)18(2,3)4/h5-12H,1-4H3. The van der Waals surface area contributed by atoms with E-state index >= 15 is 0 Å². The fourth-order valence-corrected chi connectivity index (χ4v) is 2.08. The van der Waals surface area contributed by atoms with Gasteiger partial charge in [-0.05, 0) is 35.1 Å². The summed E-state index contributed by atoms with van der Waals surface area (Å²) in [5, 5.41) is 0. The quantitative estimate of drug-likeness (QED) is 0.698. The molecule has 0 aromatic heterocycles. The number of rotatable bonds is 2. The molecule has 0 atom stereocenters. The van der Waals surface area contributed by atoms with Crippen LogP contribution < -0.4 is 0 Å². The summed E-state index contributed by atoms with van der Waals surface area (Å²) in [5.74, 6) is 0.105. The summed E-state index contributed by atoms with van der Waals surface area (Å²) in [7, 11) is 0. The minimum atomic E-state index is 0.105. The molecule has 0 aliphatic heterocycles. The number of ketones is 1. The SMILES string of the molecule is CC(=O)c1cccc(-c2ccc(C(C)(C)C)cc2)c1. The number of benzene rings is 2. The zero-order chi connectivity index (χ0) is 14.0. The Morgan fingerprint density at radius 2 is 1.53 bits per heavy atom. The molecule has 2 aromatic rings. The van der Waals surface area contributed by atoms with Crippen LogP contribution in [0.25, 0.3) is 11.1 Å². The molecule has 0 amide bonds. The van der Waals surface area contributed by atoms with Gasteiger partial charge < -0.3 is 0 Å². The summed E-state index contributed by atoms with van der Waals surface area (Å²) in [6.45, 7) is 8.22. The van der Waals surface area contributed by atoms with Crippen molar-refractivity contribution in [3.05, 3.63) is 59.7 Å². The molecule has 1 heteroatoms. The van der Waals surface area contributed by atoms with Gasteiger partial charge in [-0.1, -0.05) is 63.2 Å². The zero-order valence-corrected chi connectivity index (χ0v) is 12.0. The minimum absolute atomic E-state index is 0.105. The van der Waals surface area contributed by atoms with Crippen molar-refractivity contribution in [2.75, 3.05) is 0 Å². The van der Waals surface area contributed by atoms with Gasteiger partial charge in [0.15, 0.2) is 5.78 Å². The Morgan fingerprint density at radius 3 is 2.05 bits per heavy atom. The molecule has 2 aromatic carbocycles. The van der Waals surface area contributed by atoms with Gasteiger partial charge in [0.1, 0.15) is 0 Å². The Bertz CT molecular complexity index is 586. The highest BCUT2D eigenvalue weighted by Crippen LogP contribution is 2.26. The van der Waals surface area contributed by atoms with Crippen LogP contribution in [0.1, 0.15) is 43.6 Å². The third-order valence-corrected chi connectivity index (χ3v) is 3.35. The molecule has 0 N–H and O–H groups in total. The van der Waals surface area contributed by atoms with Crippen LogP contribution >= 0.6 is 0 Å². The maximum absolute atomic E-state index is 11.4. The Morgan fingerprint density at radius 1 is 0.895 bits per heavy atom. The first-order valence-corrected chi connectivity index (χ1v) is 6.60. The van der Waals surface area contributed by atoms with E-state index in [1.165, 1.54) is 5.56 Å². The molecule has 0 fully saturated rings. The molecule has 0 unspecified atom stereocenters. The monoisotopic (exact) mass is 252 g/mol. The second kappa shape index (κ2) is 5.00. The van der Waals surface area contributed by atoms with Gasteiger partial charge >= 0.3 is 0 Å². The van der Waals surface area contributed by atoms with Gasteiger partial charge in [0.05, 0.1) is 0 Å². The lowest BCUT2D eigenvalue weighted by molar-refractivity contribution is 0.101. The molecule has 19 heavy (non-hydrogen) atoms. The highest BCUT2D eigenvalue weighted by molar-refractivity contribution is 5.95. The molecule has 0 radical (unpaired) electrons. The van der Waals surface area contributed by atoms with Gasteiger partial charge in [-0.3, -0.25) is 4.79 Å². The van der Waals surface area contributed by atoms with E-state index in [-0.39, 0.29) is 11.2 Å². The van der Waals surface area contributed by atoms with E-state index in [0.29, 0.717) is 0 Å². The van der Waals surface area contributed by atoms with Crippen molar-refractivity contribution in [1.29, 1.82) is 0 Å². The van der Waals surface area contributed by atoms with Crippen LogP contribution in [0.4, 0.5) is 0 Å². The van der Waals surface area contributed by atoms with E-state index in [9.17, 15) is 4.79 Å². The Balaban J connectivity index is 2.37. The largest absolute Gasteiger partial charge is 0.295 e. The molecule has 0 spiro atoms. The van der Waals surface area contributed by atoms with E-state index < -0.39 is 0 Å². The second-order valence-electron chi connectivity index (χ2n) is 5.96. The number of hydrogen-bond acceptors (Lipinski definition) is 1. The van der Waals surface area contributed by atoms with Gasteiger partial charge in [0.2, 0.25) is 0 Å². The van der Waals surface area contributed by atoms with Crippen LogP contribution in [0.15, 0.2) is 48.5 Å². The molecule has 0 saturated carbocycles. The van der Waals surface area contributed by atoms with E-state index in [2.05, 4.69) is 45.0 Å². The lowest BCUT2D eigenvalue weighted by Crippen LogP contribution is -2.10. The summed E-state index contributed by atoms with van der Waals surface area (Å²) in [6, 6.07) is 16.4. The predicted octanol–water partition coefficient (Wildman–Crippen LogP) is 4.85. The highest BCUT2D eigenvalue weighted by Gasteiger charge is 2.13. The molecule has 0 aliphatic carbocycles. The Kier molecular flexibility index (Phi) is 3.57. The van der Waals surface area contributed by atoms with Crippen molar-refractivity contribution in [3.63, 3.8) is 0 Å². The van der Waals surface area contributed by atoms with Crippen molar-refractivity contribution in [3.8, 4) is 11.1 Å². The molecule has 0 aliphatic rings. The molecular formula is C18H20O. The summed E-state index contributed by atoms with van der Waals surface area (Å²) in [5.41, 5.74) is 4.49. The third-order valence-electron chi connectivity index (χ3n) is 3.35. The van der Waals surface area contributed by atoms with E-state index in [1.54, 1.807) is 6.92 Å². The van der Waals surface area contributed by atoms with E-state index in [1.807, 2.05) is 24.3 Å². The number of Topliss-reactive ketones (excluding diaryl/α,β-unsaturated/α-hetero) is 1. The summed E-state index contributed by atoms with van der Waals surface area (Å²) in [6.07, 6.45) is 0. The fourth-order valence-electron chi connectivity index (χ4n) is 2.08. The average Bonchev–Trinajstić information content (AvgIpc) is 2.38. The van der Waals surface area contributed by atoms with Crippen molar-refractivity contribution in [1.82, 2.24) is 0 Å². The van der Waals surface area contributed by atoms with Crippen LogP contribution in [-0.4, -0.2) is 5.78 Å². The average molecular weight is 252 g/mol. The molecule has 1 nitrogen and oxygen atoms in total. The predicted molar refractivity (Wildman–Crippen MR) is 80.6 cm³/mol. The summed E-state index contributed by atoms with van der Waals surface area (Å²) < 4.78 is 0. The first-order valence-electron chi connectivity index (χ1n) is 6.60. The number of carbonyl (C=O) groups excluding carboxylic acids is 1. The van der Waals surface area contributed by atoms with E-state index in [4.69, 9.17) is 0 Å². The molecule has 0 bridgehead atoms. The highest BCUT2D eigenvalue weighted by atomic mass is 16.1. The summed E-state index contributed by atoms with van der Waals surface area (Å²) >= 11 is 0. The lowest BCUT2D eigenvalue weighted by atomic mass is 9.86. The normalized spacial score (nSPS) is 11.4. The first kappa shape index (κ1) is 13.5. The smallest absolute Gasteiger partial charge is 0.159 e. The first-order chi connectivity index (χ1) is 8.88. The van der Waals surface area contributed by atoms with Crippen molar-refractivity contribution < 1.29 is 4.79 Å². The van der Waals surface area contributed by atoms with Crippen LogP contribution in [0, 0.1) is 0 Å². The molecule has 0 heterocycles. The van der Waals surface area contributed by atoms with Gasteiger partial charge in [-0.25, -0.2) is 0 Å². The van der Waals surface area contributed by atoms with Crippen LogP contribution in [-0.2, 0) is 5.41 Å². The molecular weight excluding hydrogens is 232 g/mol. The minimum Gasteiger partial charge on any atom is -0.295 e. The van der Waals surface area contributed by atoms with Gasteiger partial charge in [-0.2, -0.15) is 0 Å². The Labute approximate surface area is 115 Å². The fraction of sp³-hybridized carbons (Fsp3) is 0.278. The van der Waals surface area contributed by atoms with Crippen LogP contribution in [0.2, 0.25) is 0 Å². The third kappa shape index (κ3) is 3.11. The van der Waals surface area contributed by atoms with Crippen molar-refractivity contribution >= 4 is 5.78 Å². The van der Waals surface area contributed by atoms with Gasteiger partial charge in [-0.15, -0.1) is 0 Å². The zero-order valence-electron chi connectivity index (χ0n) is 12.0. The van der Waals surface area contributed by atoms with Crippen LogP contribution in [0.5, 0.6) is 0 Å². The lowest BCUT2D eigenvalue weighted by Gasteiger charge is -2.19. The van der Waals surface area contributed by atoms with Crippen molar-refractivity contribution in [2.45, 2.75) is 33.1 Å². The summed E-state index contributed by atoms with van der Waals surface area (Å²) in [4.78, 5) is 11.4. The molecule has 2 rings (SSSR count). The van der Waals surface area contributed by atoms with E-state index in [0.717, 1.165) is 16.7 Å². The number of carbonyl (C=O) groups is 1. The van der Waals surface area contributed by atoms with Crippen molar-refractivity contribution in [2.24, 2.45) is 0 Å². The Hall–Kier alpha value is -1.89. The number of hydrogen-bond donors (Lipinski definition) is 0.